The monoisotopic (exact) mass is 532 g/mol. The van der Waals surface area contributed by atoms with Crippen LogP contribution < -0.4 is 10.6 Å². The molecule has 0 saturated carbocycles. The van der Waals surface area contributed by atoms with Gasteiger partial charge in [0, 0.05) is 45.8 Å². The Bertz CT molecular complexity index is 1110. The average Bonchev–Trinajstić information content (AvgIpc) is 3.40. The lowest BCUT2D eigenvalue weighted by molar-refractivity contribution is 0.288. The van der Waals surface area contributed by atoms with Gasteiger partial charge in [0.1, 0.15) is 0 Å². The van der Waals surface area contributed by atoms with Crippen molar-refractivity contribution in [2.45, 2.75) is 39.5 Å². The van der Waals surface area contributed by atoms with Gasteiger partial charge in [-0.3, -0.25) is 0 Å². The number of benzene rings is 2. The molecule has 0 atom stereocenters. The smallest absolute Gasteiger partial charge is 0.232 e. The molecule has 0 saturated heterocycles. The maximum Gasteiger partial charge on any atom is 0.232 e. The van der Waals surface area contributed by atoms with Gasteiger partial charge in [-0.25, -0.2) is 0 Å². The second-order valence-electron chi connectivity index (χ2n) is 8.07. The number of nitrogens with one attached hydrogen (secondary N) is 2. The Morgan fingerprint density at radius 2 is 1.03 bits per heavy atom. The molecule has 2 aromatic heterocycles. The number of halogens is 2. The van der Waals surface area contributed by atoms with E-state index in [0.29, 0.717) is 34.7 Å². The molecular formula is C26H30Cl2N4O4. The van der Waals surface area contributed by atoms with Crippen molar-refractivity contribution in [3.8, 4) is 0 Å². The fourth-order valence-corrected chi connectivity index (χ4v) is 3.65. The van der Waals surface area contributed by atoms with Crippen LogP contribution in [0.2, 0.25) is 10.0 Å². The van der Waals surface area contributed by atoms with E-state index in [0.717, 1.165) is 46.7 Å². The van der Waals surface area contributed by atoms with Gasteiger partial charge in [-0.2, -0.15) is 0 Å². The van der Waals surface area contributed by atoms with Crippen LogP contribution in [0, 0.1) is 13.8 Å². The van der Waals surface area contributed by atoms with Gasteiger partial charge in [0.25, 0.3) is 0 Å². The quantitative estimate of drug-likeness (QED) is 0.180. The Hall–Kier alpha value is -3.04. The minimum atomic E-state index is 0.158. The maximum atomic E-state index is 8.88. The lowest BCUT2D eigenvalue weighted by atomic mass is 10.1. The fourth-order valence-electron chi connectivity index (χ4n) is 3.40. The Morgan fingerprint density at radius 1 is 0.667 bits per heavy atom. The fraction of sp³-hybridized carbons (Fsp3) is 0.308. The summed E-state index contributed by atoms with van der Waals surface area (Å²) in [5, 5.41) is 33.3. The van der Waals surface area contributed by atoms with Crippen molar-refractivity contribution in [2.24, 2.45) is 0 Å². The predicted octanol–water partition coefficient (Wildman–Crippen LogP) is 6.61. The number of aromatic nitrogens is 2. The topological polar surface area (TPSA) is 117 Å². The first-order valence-electron chi connectivity index (χ1n) is 11.6. The van der Waals surface area contributed by atoms with Crippen LogP contribution >= 0.6 is 23.2 Å². The molecule has 8 nitrogen and oxygen atoms in total. The number of hydrogen-bond acceptors (Lipinski definition) is 8. The number of anilines is 4. The average molecular weight is 533 g/mol. The Kier molecular flexibility index (Phi) is 10.6. The first-order valence-corrected chi connectivity index (χ1v) is 12.3. The van der Waals surface area contributed by atoms with Crippen LogP contribution in [0.4, 0.5) is 23.1 Å². The summed E-state index contributed by atoms with van der Waals surface area (Å²) in [6.45, 7) is 4.10. The summed E-state index contributed by atoms with van der Waals surface area (Å²) in [5.74, 6) is 1.26. The van der Waals surface area contributed by atoms with Crippen LogP contribution in [-0.4, -0.2) is 33.7 Å². The summed E-state index contributed by atoms with van der Waals surface area (Å²) in [5.41, 5.74) is 5.47. The minimum absolute atomic E-state index is 0.158. The van der Waals surface area contributed by atoms with Crippen LogP contribution in [0.15, 0.2) is 57.6 Å². The van der Waals surface area contributed by atoms with Gasteiger partial charge in [0.05, 0.1) is 11.4 Å². The molecule has 2 heterocycles. The lowest BCUT2D eigenvalue weighted by Crippen LogP contribution is -1.96. The normalized spacial score (nSPS) is 10.6. The summed E-state index contributed by atoms with van der Waals surface area (Å²) in [7, 11) is 0. The summed E-state index contributed by atoms with van der Waals surface area (Å²) in [6, 6.07) is 14.7. The molecule has 0 aliphatic rings. The van der Waals surface area contributed by atoms with E-state index in [4.69, 9.17) is 42.5 Å². The second kappa shape index (κ2) is 13.9. The van der Waals surface area contributed by atoms with Crippen LogP contribution in [0.25, 0.3) is 0 Å². The van der Waals surface area contributed by atoms with Crippen LogP contribution in [0.1, 0.15) is 35.4 Å². The number of nitrogens with zero attached hydrogens (tertiary/aromatic N) is 2. The molecule has 0 amide bonds. The van der Waals surface area contributed by atoms with Gasteiger partial charge in [0.15, 0.2) is 0 Å². The van der Waals surface area contributed by atoms with E-state index >= 15 is 0 Å². The molecule has 4 N–H and O–H groups in total. The van der Waals surface area contributed by atoms with Gasteiger partial charge in [-0.05, 0) is 88.1 Å². The predicted molar refractivity (Wildman–Crippen MR) is 143 cm³/mol. The van der Waals surface area contributed by atoms with Gasteiger partial charge < -0.3 is 29.9 Å². The van der Waals surface area contributed by atoms with E-state index in [9.17, 15) is 0 Å². The van der Waals surface area contributed by atoms with E-state index < -0.39 is 0 Å². The number of hydrogen-bond donors (Lipinski definition) is 4. The van der Waals surface area contributed by atoms with Crippen molar-refractivity contribution < 1.29 is 19.3 Å². The van der Waals surface area contributed by atoms with Crippen LogP contribution in [0.5, 0.6) is 0 Å². The third-order valence-electron chi connectivity index (χ3n) is 5.34. The number of aryl methyl sites for hydroxylation is 2. The first kappa shape index (κ1) is 27.5. The molecule has 4 rings (SSSR count). The van der Waals surface area contributed by atoms with Gasteiger partial charge >= 0.3 is 0 Å². The second-order valence-corrected chi connectivity index (χ2v) is 8.94. The van der Waals surface area contributed by atoms with Crippen molar-refractivity contribution in [2.75, 3.05) is 23.8 Å². The molecule has 0 spiro atoms. The molecular weight excluding hydrogens is 503 g/mol. The highest BCUT2D eigenvalue weighted by molar-refractivity contribution is 6.30. The maximum absolute atomic E-state index is 8.88. The first-order chi connectivity index (χ1) is 17.4. The van der Waals surface area contributed by atoms with Crippen molar-refractivity contribution in [1.29, 1.82) is 0 Å². The molecule has 0 aliphatic carbocycles. The Morgan fingerprint density at radius 3 is 1.36 bits per heavy atom. The van der Waals surface area contributed by atoms with E-state index in [1.54, 1.807) is 24.3 Å². The SMILES string of the molecule is Cc1noc(Nc2ccc(Cl)cc2)c1CCCO.Cc1noc(Nc2ccc(Cl)cc2)c1CCCO. The summed E-state index contributed by atoms with van der Waals surface area (Å²) >= 11 is 11.7. The van der Waals surface area contributed by atoms with Gasteiger partial charge in [-0.15, -0.1) is 0 Å². The summed E-state index contributed by atoms with van der Waals surface area (Å²) < 4.78 is 10.5. The molecule has 2 aromatic carbocycles. The summed E-state index contributed by atoms with van der Waals surface area (Å²) in [6.07, 6.45) is 2.86. The van der Waals surface area contributed by atoms with E-state index in [-0.39, 0.29) is 13.2 Å². The molecule has 4 aromatic rings. The summed E-state index contributed by atoms with van der Waals surface area (Å²) in [4.78, 5) is 0. The highest BCUT2D eigenvalue weighted by Crippen LogP contribution is 2.26. The van der Waals surface area contributed by atoms with Gasteiger partial charge in [-0.1, -0.05) is 33.5 Å². The Balaban J connectivity index is 0.000000201. The third-order valence-corrected chi connectivity index (χ3v) is 5.85. The van der Waals surface area contributed by atoms with Crippen molar-refractivity contribution >= 4 is 46.3 Å². The zero-order chi connectivity index (χ0) is 25.9. The standard InChI is InChI=1S/2C13H15ClN2O2/c2*1-9-12(3-2-8-17)13(18-16-9)15-11-6-4-10(14)5-7-11/h2*4-7,15,17H,2-3,8H2,1H3. The van der Waals surface area contributed by atoms with Crippen LogP contribution in [0.3, 0.4) is 0 Å². The van der Waals surface area contributed by atoms with Crippen molar-refractivity contribution in [3.05, 3.63) is 81.1 Å². The highest BCUT2D eigenvalue weighted by Gasteiger charge is 2.13. The molecule has 0 bridgehead atoms. The third kappa shape index (κ3) is 7.99. The van der Waals surface area contributed by atoms with E-state index in [1.165, 1.54) is 0 Å². The van der Waals surface area contributed by atoms with Crippen molar-refractivity contribution in [1.82, 2.24) is 10.3 Å². The molecule has 0 aliphatic heterocycles. The molecule has 0 fully saturated rings. The molecule has 0 unspecified atom stereocenters. The zero-order valence-electron chi connectivity index (χ0n) is 20.2. The van der Waals surface area contributed by atoms with Crippen LogP contribution in [-0.2, 0) is 12.8 Å². The number of rotatable bonds is 10. The van der Waals surface area contributed by atoms with E-state index in [2.05, 4.69) is 20.9 Å². The van der Waals surface area contributed by atoms with E-state index in [1.807, 2.05) is 38.1 Å². The molecule has 192 valence electrons. The molecule has 0 radical (unpaired) electrons. The molecule has 10 heteroatoms. The highest BCUT2D eigenvalue weighted by atomic mass is 35.5. The number of aliphatic hydroxyl groups excluding tert-OH is 2. The van der Waals surface area contributed by atoms with Crippen molar-refractivity contribution in [3.63, 3.8) is 0 Å². The largest absolute Gasteiger partial charge is 0.396 e. The lowest BCUT2D eigenvalue weighted by Gasteiger charge is -2.05. The van der Waals surface area contributed by atoms with Gasteiger partial charge in [0.2, 0.25) is 11.8 Å². The number of aliphatic hydroxyl groups is 2. The molecule has 36 heavy (non-hydrogen) atoms. The minimum Gasteiger partial charge on any atom is -0.396 e. The zero-order valence-corrected chi connectivity index (χ0v) is 21.7. The Labute approximate surface area is 220 Å².